The Morgan fingerprint density at radius 2 is 1.76 bits per heavy atom. The van der Waals surface area contributed by atoms with Gasteiger partial charge in [-0.1, -0.05) is 17.7 Å². The summed E-state index contributed by atoms with van der Waals surface area (Å²) in [5.41, 5.74) is 0.803. The van der Waals surface area contributed by atoms with E-state index in [4.69, 9.17) is 4.74 Å². The van der Waals surface area contributed by atoms with Gasteiger partial charge in [-0.15, -0.1) is 0 Å². The van der Waals surface area contributed by atoms with Crippen molar-refractivity contribution >= 4 is 0 Å². The molecule has 1 atom stereocenters. The highest BCUT2D eigenvalue weighted by Gasteiger charge is 2.23. The SMILES string of the molecule is CCOc1ccc(C)cc1C(O)c1ccc(F)c(F)c1F. The summed E-state index contributed by atoms with van der Waals surface area (Å²) in [4.78, 5) is 0. The van der Waals surface area contributed by atoms with Crippen LogP contribution in [0.5, 0.6) is 5.75 Å². The highest BCUT2D eigenvalue weighted by atomic mass is 19.2. The lowest BCUT2D eigenvalue weighted by atomic mass is 9.98. The molecule has 112 valence electrons. The lowest BCUT2D eigenvalue weighted by Crippen LogP contribution is -2.08. The van der Waals surface area contributed by atoms with Gasteiger partial charge in [0.2, 0.25) is 0 Å². The minimum atomic E-state index is -1.60. The van der Waals surface area contributed by atoms with E-state index in [1.807, 2.05) is 0 Å². The highest BCUT2D eigenvalue weighted by molar-refractivity contribution is 5.43. The van der Waals surface area contributed by atoms with Crippen LogP contribution in [0.3, 0.4) is 0 Å². The molecule has 0 aliphatic heterocycles. The Kier molecular flexibility index (Phi) is 4.53. The van der Waals surface area contributed by atoms with E-state index in [-0.39, 0.29) is 5.56 Å². The minimum absolute atomic E-state index is 0.307. The Morgan fingerprint density at radius 3 is 2.43 bits per heavy atom. The van der Waals surface area contributed by atoms with Crippen molar-refractivity contribution in [1.29, 1.82) is 0 Å². The number of aliphatic hydroxyl groups is 1. The van der Waals surface area contributed by atoms with E-state index in [1.54, 1.807) is 32.0 Å². The standard InChI is InChI=1S/C16H15F3O2/c1-3-21-13-7-4-9(2)8-11(13)16(20)10-5-6-12(17)15(19)14(10)18/h4-8,16,20H,3H2,1-2H3. The van der Waals surface area contributed by atoms with Gasteiger partial charge in [0.25, 0.3) is 0 Å². The Balaban J connectivity index is 2.51. The lowest BCUT2D eigenvalue weighted by molar-refractivity contribution is 0.205. The molecule has 0 aliphatic carbocycles. The Morgan fingerprint density at radius 1 is 1.05 bits per heavy atom. The maximum absolute atomic E-state index is 13.8. The van der Waals surface area contributed by atoms with Crippen LogP contribution in [0.25, 0.3) is 0 Å². The molecule has 0 saturated heterocycles. The van der Waals surface area contributed by atoms with Gasteiger partial charge in [-0.25, -0.2) is 13.2 Å². The van der Waals surface area contributed by atoms with Crippen LogP contribution in [0.2, 0.25) is 0 Å². The summed E-state index contributed by atoms with van der Waals surface area (Å²) in [6.07, 6.45) is -1.44. The molecular weight excluding hydrogens is 281 g/mol. The third kappa shape index (κ3) is 3.03. The number of hydrogen-bond donors (Lipinski definition) is 1. The van der Waals surface area contributed by atoms with E-state index < -0.39 is 23.6 Å². The average Bonchev–Trinajstić information content (AvgIpc) is 2.46. The second-order valence-corrected chi connectivity index (χ2v) is 4.64. The molecule has 2 aromatic carbocycles. The first-order valence-corrected chi connectivity index (χ1v) is 6.50. The molecule has 1 N–H and O–H groups in total. The average molecular weight is 296 g/mol. The minimum Gasteiger partial charge on any atom is -0.493 e. The van der Waals surface area contributed by atoms with Gasteiger partial charge in [0.05, 0.1) is 6.61 Å². The zero-order valence-corrected chi connectivity index (χ0v) is 11.7. The molecule has 5 heteroatoms. The van der Waals surface area contributed by atoms with E-state index >= 15 is 0 Å². The second-order valence-electron chi connectivity index (χ2n) is 4.64. The third-order valence-electron chi connectivity index (χ3n) is 3.12. The lowest BCUT2D eigenvalue weighted by Gasteiger charge is -2.17. The molecule has 0 amide bonds. The van der Waals surface area contributed by atoms with Crippen LogP contribution >= 0.6 is 0 Å². The summed E-state index contributed by atoms with van der Waals surface area (Å²) in [5.74, 6) is -3.92. The van der Waals surface area contributed by atoms with Gasteiger partial charge in [-0.05, 0) is 32.0 Å². The molecule has 0 radical (unpaired) electrons. The normalized spacial score (nSPS) is 12.3. The van der Waals surface area contributed by atoms with Crippen molar-refractivity contribution in [3.63, 3.8) is 0 Å². The molecular formula is C16H15F3O2. The fraction of sp³-hybridized carbons (Fsp3) is 0.250. The van der Waals surface area contributed by atoms with Crippen molar-refractivity contribution in [2.45, 2.75) is 20.0 Å². The first-order valence-electron chi connectivity index (χ1n) is 6.50. The van der Waals surface area contributed by atoms with Crippen molar-refractivity contribution in [3.8, 4) is 5.75 Å². The monoisotopic (exact) mass is 296 g/mol. The largest absolute Gasteiger partial charge is 0.493 e. The molecule has 1 unspecified atom stereocenters. The van der Waals surface area contributed by atoms with E-state index in [2.05, 4.69) is 0 Å². The van der Waals surface area contributed by atoms with Crippen molar-refractivity contribution in [3.05, 3.63) is 64.5 Å². The fourth-order valence-electron chi connectivity index (χ4n) is 2.09. The first kappa shape index (κ1) is 15.4. The second kappa shape index (κ2) is 6.18. The smallest absolute Gasteiger partial charge is 0.194 e. The first-order chi connectivity index (χ1) is 9.95. The van der Waals surface area contributed by atoms with E-state index in [0.29, 0.717) is 17.9 Å². The Labute approximate surface area is 120 Å². The van der Waals surface area contributed by atoms with Gasteiger partial charge in [-0.3, -0.25) is 0 Å². The van der Waals surface area contributed by atoms with Gasteiger partial charge in [0.1, 0.15) is 11.9 Å². The summed E-state index contributed by atoms with van der Waals surface area (Å²) < 4.78 is 45.5. The number of benzene rings is 2. The molecule has 0 saturated carbocycles. The quantitative estimate of drug-likeness (QED) is 0.867. The molecule has 0 aliphatic rings. The van der Waals surface area contributed by atoms with Crippen LogP contribution in [0.1, 0.15) is 29.7 Å². The summed E-state index contributed by atoms with van der Waals surface area (Å²) in [6.45, 7) is 3.94. The highest BCUT2D eigenvalue weighted by Crippen LogP contribution is 2.33. The zero-order chi connectivity index (χ0) is 15.6. The van der Waals surface area contributed by atoms with Gasteiger partial charge in [0.15, 0.2) is 17.5 Å². The summed E-state index contributed by atoms with van der Waals surface area (Å²) in [6, 6.07) is 6.86. The fourth-order valence-corrected chi connectivity index (χ4v) is 2.09. The van der Waals surface area contributed by atoms with Crippen molar-refractivity contribution in [2.75, 3.05) is 6.61 Å². The van der Waals surface area contributed by atoms with Crippen LogP contribution in [0.4, 0.5) is 13.2 Å². The Hall–Kier alpha value is -2.01. The maximum atomic E-state index is 13.8. The number of rotatable bonds is 4. The predicted octanol–water partition coefficient (Wildman–Crippen LogP) is 3.89. The van der Waals surface area contributed by atoms with Crippen LogP contribution in [0.15, 0.2) is 30.3 Å². The molecule has 2 rings (SSSR count). The number of halogens is 3. The number of ether oxygens (including phenoxy) is 1. The Bertz CT molecular complexity index is 656. The van der Waals surface area contributed by atoms with E-state index in [0.717, 1.165) is 17.7 Å². The van der Waals surface area contributed by atoms with Gasteiger partial charge in [0, 0.05) is 11.1 Å². The van der Waals surface area contributed by atoms with Gasteiger partial charge in [-0.2, -0.15) is 0 Å². The number of hydrogen-bond acceptors (Lipinski definition) is 2. The number of aliphatic hydroxyl groups excluding tert-OH is 1. The summed E-state index contributed by atoms with van der Waals surface area (Å²) in [5, 5.41) is 10.3. The zero-order valence-electron chi connectivity index (χ0n) is 11.7. The van der Waals surface area contributed by atoms with Crippen molar-refractivity contribution < 1.29 is 23.0 Å². The molecule has 2 nitrogen and oxygen atoms in total. The van der Waals surface area contributed by atoms with Crippen LogP contribution in [0, 0.1) is 24.4 Å². The van der Waals surface area contributed by atoms with Gasteiger partial charge < -0.3 is 9.84 Å². The maximum Gasteiger partial charge on any atom is 0.194 e. The third-order valence-corrected chi connectivity index (χ3v) is 3.12. The molecule has 0 aromatic heterocycles. The molecule has 0 bridgehead atoms. The molecule has 0 heterocycles. The van der Waals surface area contributed by atoms with E-state index in [9.17, 15) is 18.3 Å². The molecule has 0 fully saturated rings. The van der Waals surface area contributed by atoms with Crippen molar-refractivity contribution in [2.24, 2.45) is 0 Å². The summed E-state index contributed by atoms with van der Waals surface area (Å²) >= 11 is 0. The molecule has 0 spiro atoms. The topological polar surface area (TPSA) is 29.5 Å². The molecule has 21 heavy (non-hydrogen) atoms. The van der Waals surface area contributed by atoms with Crippen molar-refractivity contribution in [1.82, 2.24) is 0 Å². The summed E-state index contributed by atoms with van der Waals surface area (Å²) in [7, 11) is 0. The van der Waals surface area contributed by atoms with E-state index in [1.165, 1.54) is 0 Å². The molecule has 2 aromatic rings. The van der Waals surface area contributed by atoms with Crippen LogP contribution in [-0.4, -0.2) is 11.7 Å². The van der Waals surface area contributed by atoms with Gasteiger partial charge >= 0.3 is 0 Å². The van der Waals surface area contributed by atoms with Crippen LogP contribution < -0.4 is 4.74 Å². The predicted molar refractivity (Wildman–Crippen MR) is 72.7 cm³/mol. The van der Waals surface area contributed by atoms with Crippen LogP contribution in [-0.2, 0) is 0 Å². The number of aryl methyl sites for hydroxylation is 1.